The van der Waals surface area contributed by atoms with E-state index in [1.54, 1.807) is 0 Å². The molecule has 0 bridgehead atoms. The van der Waals surface area contributed by atoms with Crippen molar-refractivity contribution in [1.82, 2.24) is 0 Å². The smallest absolute Gasteiger partial charge is 0.420 e. The zero-order valence-electron chi connectivity index (χ0n) is 12.1. The Hall–Kier alpha value is -2.01. The number of alkyl halides is 6. The summed E-state index contributed by atoms with van der Waals surface area (Å²) < 4.78 is 118. The second-order valence-electron chi connectivity index (χ2n) is 4.84. The molecule has 0 radical (unpaired) electrons. The third-order valence-electron chi connectivity index (χ3n) is 3.02. The molecule has 2 aromatic rings. The summed E-state index contributed by atoms with van der Waals surface area (Å²) in [5.41, 5.74) is -3.35. The van der Waals surface area contributed by atoms with Gasteiger partial charge >= 0.3 is 12.4 Å². The van der Waals surface area contributed by atoms with Crippen LogP contribution in [0.4, 0.5) is 30.7 Å². The van der Waals surface area contributed by atoms with Gasteiger partial charge in [-0.25, -0.2) is 12.8 Å². The van der Waals surface area contributed by atoms with Crippen molar-refractivity contribution in [2.24, 2.45) is 0 Å². The van der Waals surface area contributed by atoms with E-state index in [1.807, 2.05) is 0 Å². The molecule has 0 N–H and O–H groups in total. The number of benzene rings is 2. The van der Waals surface area contributed by atoms with Crippen molar-refractivity contribution in [3.05, 3.63) is 53.3 Å². The molecule has 2 rings (SSSR count). The minimum absolute atomic E-state index is 0.176. The van der Waals surface area contributed by atoms with Crippen LogP contribution in [0.5, 0.6) is 11.5 Å². The average molecular weight is 423 g/mol. The molecule has 0 aromatic heterocycles. The first-order valence-corrected chi connectivity index (χ1v) is 8.71. The Morgan fingerprint density at radius 1 is 0.846 bits per heavy atom. The summed E-state index contributed by atoms with van der Waals surface area (Å²) in [6, 6.07) is 2.39. The third kappa shape index (κ3) is 4.58. The van der Waals surface area contributed by atoms with Crippen LogP contribution in [0, 0.1) is 5.82 Å². The first-order chi connectivity index (χ1) is 11.7. The molecule has 0 aliphatic heterocycles. The molecule has 12 heteroatoms. The number of hydrogen-bond acceptors (Lipinski definition) is 3. The standard InChI is InChI=1S/C14H6ClF7O3S/c15-26(23,24)8-2-4-12(10(16)6-8)25-11-3-1-7(13(17,18)19)5-9(11)14(20,21)22/h1-6H. The summed E-state index contributed by atoms with van der Waals surface area (Å²) in [7, 11) is 0.701. The van der Waals surface area contributed by atoms with Crippen LogP contribution in [0.1, 0.15) is 11.1 Å². The predicted octanol–water partition coefficient (Wildman–Crippen LogP) is 5.58. The van der Waals surface area contributed by atoms with E-state index in [0.29, 0.717) is 24.3 Å². The molecule has 0 saturated heterocycles. The van der Waals surface area contributed by atoms with E-state index in [2.05, 4.69) is 0 Å². The third-order valence-corrected chi connectivity index (χ3v) is 4.37. The minimum atomic E-state index is -5.22. The molecule has 0 atom stereocenters. The van der Waals surface area contributed by atoms with Crippen LogP contribution in [0.2, 0.25) is 0 Å². The van der Waals surface area contributed by atoms with Gasteiger partial charge in [0, 0.05) is 10.7 Å². The molecule has 0 aliphatic rings. The lowest BCUT2D eigenvalue weighted by atomic mass is 10.1. The molecule has 26 heavy (non-hydrogen) atoms. The van der Waals surface area contributed by atoms with Gasteiger partial charge in [-0.2, -0.15) is 26.3 Å². The highest BCUT2D eigenvalue weighted by atomic mass is 35.7. The quantitative estimate of drug-likeness (QED) is 0.479. The van der Waals surface area contributed by atoms with E-state index in [0.717, 1.165) is 6.07 Å². The van der Waals surface area contributed by atoms with Gasteiger partial charge in [0.1, 0.15) is 5.75 Å². The molecular weight excluding hydrogens is 417 g/mol. The lowest BCUT2D eigenvalue weighted by Crippen LogP contribution is -2.12. The van der Waals surface area contributed by atoms with Crippen LogP contribution in [-0.2, 0) is 21.4 Å². The van der Waals surface area contributed by atoms with Crippen molar-refractivity contribution in [2.75, 3.05) is 0 Å². The van der Waals surface area contributed by atoms with E-state index < -0.39 is 54.7 Å². The molecule has 0 spiro atoms. The first kappa shape index (κ1) is 20.3. The number of ether oxygens (including phenoxy) is 1. The zero-order valence-corrected chi connectivity index (χ0v) is 13.7. The molecule has 0 saturated carbocycles. The maximum atomic E-state index is 13.9. The maximum Gasteiger partial charge on any atom is 0.420 e. The summed E-state index contributed by atoms with van der Waals surface area (Å²) in [6.07, 6.45) is -10.2. The topological polar surface area (TPSA) is 43.4 Å². The van der Waals surface area contributed by atoms with Crippen LogP contribution in [0.25, 0.3) is 0 Å². The molecule has 0 amide bonds. The van der Waals surface area contributed by atoms with Crippen LogP contribution >= 0.6 is 10.7 Å². The van der Waals surface area contributed by atoms with E-state index >= 15 is 0 Å². The second kappa shape index (κ2) is 6.62. The molecule has 0 heterocycles. The normalized spacial score (nSPS) is 12.9. The molecule has 0 unspecified atom stereocenters. The van der Waals surface area contributed by atoms with Gasteiger partial charge in [-0.15, -0.1) is 0 Å². The van der Waals surface area contributed by atoms with Gasteiger partial charge < -0.3 is 4.74 Å². The Bertz CT molecular complexity index is 937. The van der Waals surface area contributed by atoms with Gasteiger partial charge in [-0.1, -0.05) is 0 Å². The van der Waals surface area contributed by atoms with E-state index in [9.17, 15) is 39.2 Å². The number of hydrogen-bond donors (Lipinski definition) is 0. The lowest BCUT2D eigenvalue weighted by molar-refractivity contribution is -0.143. The van der Waals surface area contributed by atoms with Crippen molar-refractivity contribution in [3.63, 3.8) is 0 Å². The predicted molar refractivity (Wildman–Crippen MR) is 76.0 cm³/mol. The van der Waals surface area contributed by atoms with Gasteiger partial charge in [-0.3, -0.25) is 0 Å². The van der Waals surface area contributed by atoms with E-state index in [1.165, 1.54) is 0 Å². The molecular formula is C14H6ClF7O3S. The highest BCUT2D eigenvalue weighted by Gasteiger charge is 2.39. The summed E-state index contributed by atoms with van der Waals surface area (Å²) >= 11 is 0. The Balaban J connectivity index is 2.50. The highest BCUT2D eigenvalue weighted by molar-refractivity contribution is 8.13. The zero-order chi connectivity index (χ0) is 19.9. The van der Waals surface area contributed by atoms with Crippen molar-refractivity contribution in [3.8, 4) is 11.5 Å². The fourth-order valence-electron chi connectivity index (χ4n) is 1.85. The summed E-state index contributed by atoms with van der Waals surface area (Å²) in [4.78, 5) is -0.674. The highest BCUT2D eigenvalue weighted by Crippen LogP contribution is 2.42. The fraction of sp³-hybridized carbons (Fsp3) is 0.143. The molecule has 2 aromatic carbocycles. The summed E-state index contributed by atoms with van der Waals surface area (Å²) in [5.74, 6) is -3.30. The Morgan fingerprint density at radius 2 is 1.42 bits per heavy atom. The number of halogens is 8. The fourth-order valence-corrected chi connectivity index (χ4v) is 2.61. The van der Waals surface area contributed by atoms with Gasteiger partial charge in [0.2, 0.25) is 0 Å². The first-order valence-electron chi connectivity index (χ1n) is 6.40. The Morgan fingerprint density at radius 3 is 1.88 bits per heavy atom. The van der Waals surface area contributed by atoms with Crippen LogP contribution in [0.15, 0.2) is 41.3 Å². The molecule has 0 fully saturated rings. The van der Waals surface area contributed by atoms with Gasteiger partial charge in [-0.05, 0) is 36.4 Å². The summed E-state index contributed by atoms with van der Waals surface area (Å²) in [6.45, 7) is 0. The molecule has 0 aliphatic carbocycles. The lowest BCUT2D eigenvalue weighted by Gasteiger charge is -2.16. The molecule has 3 nitrogen and oxygen atoms in total. The number of rotatable bonds is 3. The van der Waals surface area contributed by atoms with Crippen LogP contribution < -0.4 is 4.74 Å². The van der Waals surface area contributed by atoms with Gasteiger partial charge in [0.15, 0.2) is 11.6 Å². The second-order valence-corrected chi connectivity index (χ2v) is 7.40. The summed E-state index contributed by atoms with van der Waals surface area (Å²) in [5, 5.41) is 0. The minimum Gasteiger partial charge on any atom is -0.454 e. The van der Waals surface area contributed by atoms with E-state index in [4.69, 9.17) is 15.4 Å². The van der Waals surface area contributed by atoms with E-state index in [-0.39, 0.29) is 6.07 Å². The Labute approximate surface area is 146 Å². The van der Waals surface area contributed by atoms with Gasteiger partial charge in [0.05, 0.1) is 16.0 Å². The largest absolute Gasteiger partial charge is 0.454 e. The van der Waals surface area contributed by atoms with Gasteiger partial charge in [0.25, 0.3) is 9.05 Å². The average Bonchev–Trinajstić information content (AvgIpc) is 2.46. The van der Waals surface area contributed by atoms with Crippen LogP contribution in [-0.4, -0.2) is 8.42 Å². The maximum absolute atomic E-state index is 13.9. The molecule has 142 valence electrons. The van der Waals surface area contributed by atoms with Crippen molar-refractivity contribution in [2.45, 2.75) is 17.2 Å². The Kier molecular flexibility index (Phi) is 5.17. The van der Waals surface area contributed by atoms with Crippen molar-refractivity contribution < 1.29 is 43.9 Å². The monoisotopic (exact) mass is 422 g/mol. The van der Waals surface area contributed by atoms with Crippen molar-refractivity contribution in [1.29, 1.82) is 0 Å². The SMILES string of the molecule is O=S(=O)(Cl)c1ccc(Oc2ccc(C(F)(F)F)cc2C(F)(F)F)c(F)c1. The van der Waals surface area contributed by atoms with Crippen LogP contribution in [0.3, 0.4) is 0 Å². The van der Waals surface area contributed by atoms with Crippen molar-refractivity contribution >= 4 is 19.7 Å².